The fourth-order valence-corrected chi connectivity index (χ4v) is 3.17. The molecular weight excluding hydrogens is 246 g/mol. The van der Waals surface area contributed by atoms with Gasteiger partial charge in [0.1, 0.15) is 5.03 Å². The molecule has 1 aliphatic heterocycles. The highest BCUT2D eigenvalue weighted by Gasteiger charge is 2.27. The van der Waals surface area contributed by atoms with Crippen LogP contribution in [0.15, 0.2) is 52.5 Å². The van der Waals surface area contributed by atoms with Crippen LogP contribution in [0.2, 0.25) is 0 Å². The lowest BCUT2D eigenvalue weighted by molar-refractivity contribution is 0.246. The summed E-state index contributed by atoms with van der Waals surface area (Å²) in [5.74, 6) is 0. The molecule has 1 atom stereocenters. The number of carbonyl (C=O) groups is 1. The largest absolute Gasteiger partial charge is 0.352 e. The lowest BCUT2D eigenvalue weighted by Crippen LogP contribution is -2.35. The summed E-state index contributed by atoms with van der Waals surface area (Å²) in [6.07, 6.45) is 1.75. The van der Waals surface area contributed by atoms with Gasteiger partial charge in [0.05, 0.1) is 6.04 Å². The molecule has 0 fully saturated rings. The van der Waals surface area contributed by atoms with E-state index < -0.39 is 6.03 Å². The maximum Gasteiger partial charge on any atom is 0.312 e. The second-order valence-electron chi connectivity index (χ2n) is 3.98. The Morgan fingerprint density at radius 1 is 1.22 bits per heavy atom. The van der Waals surface area contributed by atoms with Crippen LogP contribution in [-0.2, 0) is 0 Å². The van der Waals surface area contributed by atoms with Crippen LogP contribution in [0.4, 0.5) is 4.79 Å². The topological polar surface area (TPSA) is 68.0 Å². The molecule has 5 heteroatoms. The Labute approximate surface area is 109 Å². The molecule has 90 valence electrons. The number of rotatable bonds is 1. The fourth-order valence-electron chi connectivity index (χ4n) is 2.09. The van der Waals surface area contributed by atoms with Gasteiger partial charge in [-0.05, 0) is 17.7 Å². The second-order valence-corrected chi connectivity index (χ2v) is 5.01. The van der Waals surface area contributed by atoms with Crippen LogP contribution in [-0.4, -0.2) is 11.0 Å². The van der Waals surface area contributed by atoms with Crippen molar-refractivity contribution in [2.45, 2.75) is 16.0 Å². The first kappa shape index (κ1) is 11.1. The normalized spacial score (nSPS) is 16.6. The minimum absolute atomic E-state index is 0.219. The van der Waals surface area contributed by atoms with Crippen molar-refractivity contribution in [3.05, 3.63) is 53.7 Å². The number of hydrogen-bond acceptors (Lipinski definition) is 3. The average molecular weight is 257 g/mol. The third kappa shape index (κ3) is 1.82. The molecule has 2 amide bonds. The summed E-state index contributed by atoms with van der Waals surface area (Å²) in [5, 5.41) is 3.69. The van der Waals surface area contributed by atoms with E-state index in [9.17, 15) is 4.79 Å². The van der Waals surface area contributed by atoms with Gasteiger partial charge in [-0.3, -0.25) is 0 Å². The number of urea groups is 1. The van der Waals surface area contributed by atoms with Crippen molar-refractivity contribution in [1.29, 1.82) is 0 Å². The van der Waals surface area contributed by atoms with Gasteiger partial charge in [0.2, 0.25) is 0 Å². The molecule has 2 aromatic rings. The van der Waals surface area contributed by atoms with E-state index in [-0.39, 0.29) is 6.04 Å². The van der Waals surface area contributed by atoms with E-state index in [2.05, 4.69) is 10.3 Å². The predicted molar refractivity (Wildman–Crippen MR) is 69.4 cm³/mol. The van der Waals surface area contributed by atoms with Crippen LogP contribution < -0.4 is 11.1 Å². The Bertz CT molecular complexity index is 569. The first-order valence-corrected chi connectivity index (χ1v) is 6.35. The first-order valence-electron chi connectivity index (χ1n) is 5.53. The molecule has 1 aromatic heterocycles. The van der Waals surface area contributed by atoms with Gasteiger partial charge in [0, 0.05) is 16.7 Å². The number of nitrogens with two attached hydrogens (primary N) is 1. The smallest absolute Gasteiger partial charge is 0.312 e. The third-order valence-electron chi connectivity index (χ3n) is 2.83. The lowest BCUT2D eigenvalue weighted by Gasteiger charge is -2.26. The third-order valence-corrected chi connectivity index (χ3v) is 3.96. The molecule has 1 aliphatic rings. The maximum atomic E-state index is 11.2. The number of nitrogens with zero attached hydrogens (tertiary/aromatic N) is 1. The average Bonchev–Trinajstić information content (AvgIpc) is 2.38. The number of nitrogens with one attached hydrogen (secondary N) is 1. The summed E-state index contributed by atoms with van der Waals surface area (Å²) in [6.45, 7) is 0. The number of carbonyl (C=O) groups excluding carboxylic acids is 1. The Hall–Kier alpha value is -2.01. The number of hydrogen-bond donors (Lipinski definition) is 2. The van der Waals surface area contributed by atoms with Gasteiger partial charge >= 0.3 is 6.03 Å². The van der Waals surface area contributed by atoms with E-state index in [4.69, 9.17) is 5.73 Å². The molecule has 0 spiro atoms. The van der Waals surface area contributed by atoms with Crippen molar-refractivity contribution in [2.75, 3.05) is 0 Å². The van der Waals surface area contributed by atoms with E-state index in [1.54, 1.807) is 18.0 Å². The predicted octanol–water partition coefficient (Wildman–Crippen LogP) is 2.30. The van der Waals surface area contributed by atoms with Gasteiger partial charge in [0.15, 0.2) is 0 Å². The second kappa shape index (κ2) is 4.34. The molecule has 4 nitrogen and oxygen atoms in total. The number of pyridine rings is 1. The van der Waals surface area contributed by atoms with E-state index in [1.807, 2.05) is 36.4 Å². The van der Waals surface area contributed by atoms with Crippen LogP contribution in [0.3, 0.4) is 0 Å². The van der Waals surface area contributed by atoms with Gasteiger partial charge in [-0.2, -0.15) is 0 Å². The quantitative estimate of drug-likeness (QED) is 0.823. The molecule has 3 N–H and O–H groups in total. The fraction of sp³-hybridized carbons (Fsp3) is 0.0769. The molecular formula is C13H11N3OS. The van der Waals surface area contributed by atoms with Crippen LogP contribution in [0.1, 0.15) is 17.2 Å². The molecule has 0 aliphatic carbocycles. The highest BCUT2D eigenvalue weighted by Crippen LogP contribution is 2.43. The van der Waals surface area contributed by atoms with E-state index >= 15 is 0 Å². The lowest BCUT2D eigenvalue weighted by atomic mass is 9.99. The summed E-state index contributed by atoms with van der Waals surface area (Å²) in [7, 11) is 0. The van der Waals surface area contributed by atoms with Crippen molar-refractivity contribution >= 4 is 17.8 Å². The molecule has 18 heavy (non-hydrogen) atoms. The molecule has 2 heterocycles. The Morgan fingerprint density at radius 2 is 2.00 bits per heavy atom. The Morgan fingerprint density at radius 3 is 2.83 bits per heavy atom. The Balaban J connectivity index is 2.14. The number of benzene rings is 1. The molecule has 0 unspecified atom stereocenters. The molecule has 3 rings (SSSR count). The van der Waals surface area contributed by atoms with Crippen molar-refractivity contribution in [3.8, 4) is 0 Å². The van der Waals surface area contributed by atoms with E-state index in [0.29, 0.717) is 0 Å². The molecule has 0 bridgehead atoms. The zero-order valence-corrected chi connectivity index (χ0v) is 10.3. The van der Waals surface area contributed by atoms with Crippen LogP contribution >= 0.6 is 11.8 Å². The van der Waals surface area contributed by atoms with Crippen molar-refractivity contribution < 1.29 is 4.79 Å². The standard InChI is InChI=1S/C13H11N3OS/c14-13(17)16-11-8-4-1-2-6-10(8)18-12-9(11)5-3-7-15-12/h1-7,11H,(H3,14,16,17)/t11-/m1/s1. The summed E-state index contributed by atoms with van der Waals surface area (Å²) in [5.41, 5.74) is 7.30. The minimum Gasteiger partial charge on any atom is -0.352 e. The number of fused-ring (bicyclic) bond motifs is 2. The summed E-state index contributed by atoms with van der Waals surface area (Å²) >= 11 is 1.61. The van der Waals surface area contributed by atoms with E-state index in [1.165, 1.54) is 0 Å². The summed E-state index contributed by atoms with van der Waals surface area (Å²) in [4.78, 5) is 16.6. The molecule has 1 aromatic carbocycles. The van der Waals surface area contributed by atoms with Gasteiger partial charge < -0.3 is 11.1 Å². The van der Waals surface area contributed by atoms with Crippen LogP contribution in [0, 0.1) is 0 Å². The van der Waals surface area contributed by atoms with Crippen molar-refractivity contribution in [1.82, 2.24) is 10.3 Å². The van der Waals surface area contributed by atoms with Gasteiger partial charge in [-0.25, -0.2) is 9.78 Å². The Kier molecular flexibility index (Phi) is 2.68. The maximum absolute atomic E-state index is 11.2. The molecule has 0 saturated heterocycles. The highest BCUT2D eigenvalue weighted by atomic mass is 32.2. The highest BCUT2D eigenvalue weighted by molar-refractivity contribution is 7.99. The number of amides is 2. The van der Waals surface area contributed by atoms with Gasteiger partial charge in [-0.15, -0.1) is 0 Å². The summed E-state index contributed by atoms with van der Waals surface area (Å²) < 4.78 is 0. The molecule has 0 radical (unpaired) electrons. The van der Waals surface area contributed by atoms with Crippen LogP contribution in [0.5, 0.6) is 0 Å². The molecule has 0 saturated carbocycles. The SMILES string of the molecule is NC(=O)N[C@@H]1c2ccccc2Sc2ncccc21. The van der Waals surface area contributed by atoms with Gasteiger partial charge in [-0.1, -0.05) is 36.0 Å². The van der Waals surface area contributed by atoms with Crippen LogP contribution in [0.25, 0.3) is 0 Å². The zero-order valence-electron chi connectivity index (χ0n) is 9.46. The zero-order chi connectivity index (χ0) is 12.5. The minimum atomic E-state index is -0.531. The van der Waals surface area contributed by atoms with Crippen molar-refractivity contribution in [3.63, 3.8) is 0 Å². The monoisotopic (exact) mass is 257 g/mol. The van der Waals surface area contributed by atoms with Gasteiger partial charge in [0.25, 0.3) is 0 Å². The summed E-state index contributed by atoms with van der Waals surface area (Å²) in [6, 6.07) is 11.0. The first-order chi connectivity index (χ1) is 8.75. The number of primary amides is 1. The van der Waals surface area contributed by atoms with E-state index in [0.717, 1.165) is 21.0 Å². The number of aromatic nitrogens is 1. The van der Waals surface area contributed by atoms with Crippen molar-refractivity contribution in [2.24, 2.45) is 5.73 Å².